The standard InChI is InChI=1S/C25H28FN3O2/c1-18-15-27-24(29(18)17-19-7-4-3-5-8-19)13-20-9-6-12-28(16-20)25(30)21-10-11-23(31-2)22(26)14-21/h3-5,7-8,10-11,14-15,20H,6,9,12-13,16-17H2,1-2H3. The van der Waals surface area contributed by atoms with Crippen molar-refractivity contribution < 1.29 is 13.9 Å². The van der Waals surface area contributed by atoms with Gasteiger partial charge >= 0.3 is 0 Å². The molecule has 0 radical (unpaired) electrons. The van der Waals surface area contributed by atoms with Crippen LogP contribution >= 0.6 is 0 Å². The van der Waals surface area contributed by atoms with Gasteiger partial charge in [0.05, 0.1) is 7.11 Å². The molecule has 31 heavy (non-hydrogen) atoms. The van der Waals surface area contributed by atoms with Crippen molar-refractivity contribution in [3.8, 4) is 5.75 Å². The zero-order valence-corrected chi connectivity index (χ0v) is 18.1. The summed E-state index contributed by atoms with van der Waals surface area (Å²) in [6.07, 6.45) is 4.73. The molecule has 0 saturated carbocycles. The van der Waals surface area contributed by atoms with Crippen molar-refractivity contribution in [3.05, 3.63) is 83.2 Å². The Balaban J connectivity index is 1.45. The number of hydrogen-bond donors (Lipinski definition) is 0. The minimum Gasteiger partial charge on any atom is -0.494 e. The van der Waals surface area contributed by atoms with E-state index in [2.05, 4.69) is 28.6 Å². The molecule has 1 unspecified atom stereocenters. The van der Waals surface area contributed by atoms with Crippen molar-refractivity contribution in [2.45, 2.75) is 32.7 Å². The summed E-state index contributed by atoms with van der Waals surface area (Å²) in [6.45, 7) is 4.22. The van der Waals surface area contributed by atoms with Gasteiger partial charge in [0.15, 0.2) is 11.6 Å². The molecule has 1 amide bonds. The molecule has 0 aliphatic carbocycles. The molecule has 4 rings (SSSR count). The lowest BCUT2D eigenvalue weighted by molar-refractivity contribution is 0.0671. The fourth-order valence-electron chi connectivity index (χ4n) is 4.31. The predicted octanol–water partition coefficient (Wildman–Crippen LogP) is 4.48. The molecule has 1 aliphatic heterocycles. The summed E-state index contributed by atoms with van der Waals surface area (Å²) in [4.78, 5) is 19.5. The number of nitrogens with zero attached hydrogens (tertiary/aromatic N) is 3. The van der Waals surface area contributed by atoms with E-state index >= 15 is 0 Å². The lowest BCUT2D eigenvalue weighted by Crippen LogP contribution is -2.40. The summed E-state index contributed by atoms with van der Waals surface area (Å²) in [6, 6.07) is 14.8. The van der Waals surface area contributed by atoms with Crippen LogP contribution in [0.2, 0.25) is 0 Å². The number of carbonyl (C=O) groups is 1. The van der Waals surface area contributed by atoms with Crippen molar-refractivity contribution in [1.29, 1.82) is 0 Å². The van der Waals surface area contributed by atoms with E-state index in [1.807, 2.05) is 29.3 Å². The number of benzene rings is 2. The number of methoxy groups -OCH3 is 1. The molecule has 6 heteroatoms. The molecule has 2 aromatic carbocycles. The van der Waals surface area contributed by atoms with E-state index in [4.69, 9.17) is 4.74 Å². The maximum Gasteiger partial charge on any atom is 0.253 e. The number of likely N-dealkylation sites (tertiary alicyclic amines) is 1. The van der Waals surface area contributed by atoms with Gasteiger partial charge in [0, 0.05) is 43.5 Å². The van der Waals surface area contributed by atoms with Crippen LogP contribution in [0.5, 0.6) is 5.75 Å². The van der Waals surface area contributed by atoms with Crippen molar-refractivity contribution >= 4 is 5.91 Å². The third-order valence-corrected chi connectivity index (χ3v) is 6.00. The summed E-state index contributed by atoms with van der Waals surface area (Å²) < 4.78 is 21.3. The molecule has 3 aromatic rings. The van der Waals surface area contributed by atoms with Crippen LogP contribution in [0.15, 0.2) is 54.7 Å². The largest absolute Gasteiger partial charge is 0.494 e. The van der Waals surface area contributed by atoms with Crippen LogP contribution < -0.4 is 4.74 Å². The highest BCUT2D eigenvalue weighted by molar-refractivity contribution is 5.94. The Morgan fingerprint density at radius 3 is 2.77 bits per heavy atom. The molecule has 1 aromatic heterocycles. The van der Waals surface area contributed by atoms with E-state index in [0.29, 0.717) is 24.6 Å². The van der Waals surface area contributed by atoms with Gasteiger partial charge in [0.1, 0.15) is 5.82 Å². The minimum absolute atomic E-state index is 0.130. The second-order valence-electron chi connectivity index (χ2n) is 8.20. The van der Waals surface area contributed by atoms with E-state index in [1.54, 1.807) is 6.07 Å². The van der Waals surface area contributed by atoms with Crippen LogP contribution in [0.4, 0.5) is 4.39 Å². The topological polar surface area (TPSA) is 47.4 Å². The first-order chi connectivity index (χ1) is 15.0. The summed E-state index contributed by atoms with van der Waals surface area (Å²) in [5, 5.41) is 0. The number of ether oxygens (including phenoxy) is 1. The van der Waals surface area contributed by atoms with Gasteiger partial charge in [-0.05, 0) is 49.4 Å². The fourth-order valence-corrected chi connectivity index (χ4v) is 4.31. The number of halogens is 1. The van der Waals surface area contributed by atoms with Gasteiger partial charge in [-0.1, -0.05) is 30.3 Å². The molecule has 5 nitrogen and oxygen atoms in total. The van der Waals surface area contributed by atoms with Crippen LogP contribution in [0.25, 0.3) is 0 Å². The Morgan fingerprint density at radius 2 is 2.03 bits per heavy atom. The maximum atomic E-state index is 14.1. The molecule has 0 spiro atoms. The highest BCUT2D eigenvalue weighted by Crippen LogP contribution is 2.24. The number of imidazole rings is 1. The first kappa shape index (κ1) is 21.1. The molecular weight excluding hydrogens is 393 g/mol. The molecule has 1 aliphatic rings. The monoisotopic (exact) mass is 421 g/mol. The number of rotatable bonds is 6. The summed E-state index contributed by atoms with van der Waals surface area (Å²) in [5.74, 6) is 0.886. The Labute approximate surface area is 182 Å². The highest BCUT2D eigenvalue weighted by Gasteiger charge is 2.26. The van der Waals surface area contributed by atoms with E-state index < -0.39 is 5.82 Å². The second kappa shape index (κ2) is 9.33. The molecule has 1 saturated heterocycles. The van der Waals surface area contributed by atoms with Gasteiger partial charge in [-0.15, -0.1) is 0 Å². The van der Waals surface area contributed by atoms with Crippen LogP contribution in [0.1, 0.15) is 40.3 Å². The van der Waals surface area contributed by atoms with Gasteiger partial charge < -0.3 is 14.2 Å². The lowest BCUT2D eigenvalue weighted by Gasteiger charge is -2.33. The summed E-state index contributed by atoms with van der Waals surface area (Å²) >= 11 is 0. The number of piperidine rings is 1. The smallest absolute Gasteiger partial charge is 0.253 e. The van der Waals surface area contributed by atoms with E-state index in [0.717, 1.165) is 37.3 Å². The maximum absolute atomic E-state index is 14.1. The third kappa shape index (κ3) is 4.79. The van der Waals surface area contributed by atoms with Crippen LogP contribution in [0.3, 0.4) is 0 Å². The van der Waals surface area contributed by atoms with Gasteiger partial charge in [0.25, 0.3) is 5.91 Å². The van der Waals surface area contributed by atoms with E-state index in [1.165, 1.54) is 24.8 Å². The van der Waals surface area contributed by atoms with Crippen molar-refractivity contribution in [1.82, 2.24) is 14.5 Å². The third-order valence-electron chi connectivity index (χ3n) is 6.00. The second-order valence-corrected chi connectivity index (χ2v) is 8.20. The molecule has 2 heterocycles. The van der Waals surface area contributed by atoms with Gasteiger partial charge in [-0.2, -0.15) is 0 Å². The van der Waals surface area contributed by atoms with Crippen LogP contribution in [-0.4, -0.2) is 40.6 Å². The normalized spacial score (nSPS) is 16.4. The molecule has 1 fully saturated rings. The average Bonchev–Trinajstić information content (AvgIpc) is 3.13. The van der Waals surface area contributed by atoms with Crippen molar-refractivity contribution in [2.24, 2.45) is 5.92 Å². The Bertz CT molecular complexity index is 1050. The number of aromatic nitrogens is 2. The lowest BCUT2D eigenvalue weighted by atomic mass is 9.94. The van der Waals surface area contributed by atoms with Gasteiger partial charge in [0.2, 0.25) is 0 Å². The Kier molecular flexibility index (Phi) is 6.35. The van der Waals surface area contributed by atoms with E-state index in [-0.39, 0.29) is 11.7 Å². The summed E-state index contributed by atoms with van der Waals surface area (Å²) in [5.41, 5.74) is 2.74. The van der Waals surface area contributed by atoms with Gasteiger partial charge in [-0.3, -0.25) is 4.79 Å². The quantitative estimate of drug-likeness (QED) is 0.590. The van der Waals surface area contributed by atoms with Crippen molar-refractivity contribution in [3.63, 3.8) is 0 Å². The Hall–Kier alpha value is -3.15. The summed E-state index contributed by atoms with van der Waals surface area (Å²) in [7, 11) is 1.42. The average molecular weight is 422 g/mol. The number of amides is 1. The van der Waals surface area contributed by atoms with E-state index in [9.17, 15) is 9.18 Å². The minimum atomic E-state index is -0.514. The van der Waals surface area contributed by atoms with Gasteiger partial charge in [-0.25, -0.2) is 9.37 Å². The first-order valence-corrected chi connectivity index (χ1v) is 10.7. The Morgan fingerprint density at radius 1 is 1.23 bits per heavy atom. The number of carbonyl (C=O) groups excluding carboxylic acids is 1. The molecule has 162 valence electrons. The molecular formula is C25H28FN3O2. The van der Waals surface area contributed by atoms with Crippen LogP contribution in [-0.2, 0) is 13.0 Å². The molecule has 0 bridgehead atoms. The zero-order valence-electron chi connectivity index (χ0n) is 18.1. The number of hydrogen-bond acceptors (Lipinski definition) is 3. The molecule has 1 atom stereocenters. The molecule has 0 N–H and O–H groups in total. The first-order valence-electron chi connectivity index (χ1n) is 10.7. The predicted molar refractivity (Wildman–Crippen MR) is 118 cm³/mol. The fraction of sp³-hybridized carbons (Fsp3) is 0.360. The zero-order chi connectivity index (χ0) is 21.8. The van der Waals surface area contributed by atoms with Crippen molar-refractivity contribution in [2.75, 3.05) is 20.2 Å². The van der Waals surface area contributed by atoms with Crippen LogP contribution in [0, 0.1) is 18.7 Å². The SMILES string of the molecule is COc1ccc(C(=O)N2CCCC(Cc3ncc(C)n3Cc3ccccc3)C2)cc1F. The number of aryl methyl sites for hydroxylation is 1. The highest BCUT2D eigenvalue weighted by atomic mass is 19.1.